The smallest absolute Gasteiger partial charge is 0.311 e. The minimum absolute atomic E-state index is 0.0200. The minimum Gasteiger partial charge on any atom is -0.482 e. The van der Waals surface area contributed by atoms with Crippen LogP contribution in [0.15, 0.2) is 78.9 Å². The Morgan fingerprint density at radius 2 is 1.61 bits per heavy atom. The topological polar surface area (TPSA) is 72.7 Å². The van der Waals surface area contributed by atoms with Crippen molar-refractivity contribution in [3.63, 3.8) is 0 Å². The van der Waals surface area contributed by atoms with Gasteiger partial charge in [0, 0.05) is 24.2 Å². The van der Waals surface area contributed by atoms with Gasteiger partial charge in [0.2, 0.25) is 0 Å². The highest BCUT2D eigenvalue weighted by molar-refractivity contribution is 5.97. The first kappa shape index (κ1) is 22.2. The van der Waals surface area contributed by atoms with Crippen molar-refractivity contribution in [2.24, 2.45) is 0 Å². The largest absolute Gasteiger partial charge is 0.482 e. The molecule has 0 amide bonds. The van der Waals surface area contributed by atoms with Crippen molar-refractivity contribution in [2.45, 2.75) is 33.0 Å². The van der Waals surface area contributed by atoms with Crippen LogP contribution in [0.1, 0.15) is 35.3 Å². The third kappa shape index (κ3) is 6.23. The molecule has 0 atom stereocenters. The Labute approximate surface area is 182 Å². The molecule has 0 aliphatic heterocycles. The number of ketones is 1. The fraction of sp³-hybridized carbons (Fsp3) is 0.240. The minimum atomic E-state index is -0.432. The average Bonchev–Trinajstić information content (AvgIpc) is 2.78. The van der Waals surface area contributed by atoms with E-state index in [-0.39, 0.29) is 36.4 Å². The van der Waals surface area contributed by atoms with Crippen molar-refractivity contribution in [1.29, 1.82) is 0 Å². The van der Waals surface area contributed by atoms with Crippen molar-refractivity contribution in [2.75, 3.05) is 6.54 Å². The number of ether oxygens (including phenoxy) is 1. The third-order valence-electron chi connectivity index (χ3n) is 5.02. The molecule has 3 aromatic rings. The molecule has 31 heavy (non-hydrogen) atoms. The molecule has 0 aliphatic carbocycles. The van der Waals surface area contributed by atoms with Gasteiger partial charge in [-0.05, 0) is 31.0 Å². The van der Waals surface area contributed by atoms with Gasteiger partial charge in [-0.25, -0.2) is 0 Å². The Morgan fingerprint density at radius 1 is 0.968 bits per heavy atom. The summed E-state index contributed by atoms with van der Waals surface area (Å²) in [6.45, 7) is 4.93. The van der Waals surface area contributed by atoms with Crippen molar-refractivity contribution >= 4 is 11.5 Å². The van der Waals surface area contributed by atoms with Gasteiger partial charge in [-0.3, -0.25) is 19.8 Å². The summed E-state index contributed by atoms with van der Waals surface area (Å²) in [4.78, 5) is 25.8. The second kappa shape index (κ2) is 10.5. The summed E-state index contributed by atoms with van der Waals surface area (Å²) in [5.41, 5.74) is 2.27. The van der Waals surface area contributed by atoms with Crippen molar-refractivity contribution < 1.29 is 14.5 Å². The first-order valence-corrected chi connectivity index (χ1v) is 10.2. The molecule has 0 aliphatic rings. The van der Waals surface area contributed by atoms with E-state index in [1.807, 2.05) is 73.3 Å². The Bertz CT molecular complexity index is 1020. The fourth-order valence-electron chi connectivity index (χ4n) is 3.22. The van der Waals surface area contributed by atoms with Crippen molar-refractivity contribution in [1.82, 2.24) is 4.90 Å². The number of carbonyl (C=O) groups excluding carboxylic acids is 1. The zero-order chi connectivity index (χ0) is 22.2. The molecule has 0 saturated carbocycles. The molecular weight excluding hydrogens is 392 g/mol. The van der Waals surface area contributed by atoms with Crippen LogP contribution in [-0.2, 0) is 13.2 Å². The van der Waals surface area contributed by atoms with Gasteiger partial charge in [0.1, 0.15) is 6.61 Å². The summed E-state index contributed by atoms with van der Waals surface area (Å²) in [6.07, 6.45) is 0. The van der Waals surface area contributed by atoms with Crippen molar-refractivity contribution in [3.05, 3.63) is 106 Å². The van der Waals surface area contributed by atoms with Gasteiger partial charge in [-0.1, -0.05) is 66.7 Å². The molecule has 6 nitrogen and oxygen atoms in total. The summed E-state index contributed by atoms with van der Waals surface area (Å²) >= 11 is 0. The van der Waals surface area contributed by atoms with Crippen LogP contribution < -0.4 is 4.74 Å². The number of benzene rings is 3. The molecule has 0 radical (unpaired) electrons. The first-order valence-electron chi connectivity index (χ1n) is 10.2. The predicted octanol–water partition coefficient (Wildman–Crippen LogP) is 5.27. The second-order valence-electron chi connectivity index (χ2n) is 7.62. The molecule has 6 heteroatoms. The Balaban J connectivity index is 1.73. The maximum Gasteiger partial charge on any atom is 0.311 e. The third-order valence-corrected chi connectivity index (χ3v) is 5.02. The summed E-state index contributed by atoms with van der Waals surface area (Å²) in [6, 6.07) is 23.7. The van der Waals surface area contributed by atoms with E-state index in [9.17, 15) is 14.9 Å². The number of rotatable bonds is 10. The van der Waals surface area contributed by atoms with Gasteiger partial charge in [0.05, 0.1) is 11.5 Å². The zero-order valence-electron chi connectivity index (χ0n) is 17.7. The lowest BCUT2D eigenvalue weighted by Crippen LogP contribution is -2.35. The van der Waals surface area contributed by atoms with Gasteiger partial charge in [-0.15, -0.1) is 0 Å². The second-order valence-corrected chi connectivity index (χ2v) is 7.62. The van der Waals surface area contributed by atoms with Gasteiger partial charge >= 0.3 is 5.69 Å². The van der Waals surface area contributed by atoms with Crippen LogP contribution in [-0.4, -0.2) is 28.2 Å². The van der Waals surface area contributed by atoms with E-state index in [1.54, 1.807) is 18.2 Å². The first-order chi connectivity index (χ1) is 14.9. The van der Waals surface area contributed by atoms with E-state index >= 15 is 0 Å². The van der Waals surface area contributed by atoms with E-state index in [0.29, 0.717) is 12.1 Å². The van der Waals surface area contributed by atoms with Crippen LogP contribution in [0.3, 0.4) is 0 Å². The van der Waals surface area contributed by atoms with Crippen LogP contribution in [0, 0.1) is 10.1 Å². The molecule has 0 bridgehead atoms. The molecule has 3 aromatic carbocycles. The average molecular weight is 418 g/mol. The number of hydrogen-bond acceptors (Lipinski definition) is 5. The van der Waals surface area contributed by atoms with Gasteiger partial charge in [-0.2, -0.15) is 0 Å². The fourth-order valence-corrected chi connectivity index (χ4v) is 3.22. The number of hydrogen-bond donors (Lipinski definition) is 0. The lowest BCUT2D eigenvalue weighted by atomic mass is 10.1. The number of nitrogens with zero attached hydrogens (tertiary/aromatic N) is 2. The standard InChI is InChI=1S/C25H26N2O4/c1-19(2)26(17-24(28)22-11-7-4-8-12-22)16-21-13-14-25(23(15-21)27(29)30)31-18-20-9-5-3-6-10-20/h3-15,19H,16-18H2,1-2H3. The Kier molecular flexibility index (Phi) is 7.51. The number of carbonyl (C=O) groups is 1. The summed E-state index contributed by atoms with van der Waals surface area (Å²) in [5, 5.41) is 11.6. The molecule has 0 saturated heterocycles. The van der Waals surface area contributed by atoms with Gasteiger partial charge < -0.3 is 4.74 Å². The van der Waals surface area contributed by atoms with Crippen LogP contribution >= 0.6 is 0 Å². The zero-order valence-corrected chi connectivity index (χ0v) is 17.7. The van der Waals surface area contributed by atoms with E-state index in [4.69, 9.17) is 4.74 Å². The highest BCUT2D eigenvalue weighted by Gasteiger charge is 2.20. The quantitative estimate of drug-likeness (QED) is 0.255. The molecule has 0 unspecified atom stereocenters. The maximum absolute atomic E-state index is 12.6. The highest BCUT2D eigenvalue weighted by Crippen LogP contribution is 2.29. The number of Topliss-reactive ketones (excluding diaryl/α,β-unsaturated/α-hetero) is 1. The Hall–Kier alpha value is -3.51. The summed E-state index contributed by atoms with van der Waals surface area (Å²) in [5.74, 6) is 0.251. The summed E-state index contributed by atoms with van der Waals surface area (Å²) in [7, 11) is 0. The van der Waals surface area contributed by atoms with Crippen LogP contribution in [0.4, 0.5) is 5.69 Å². The maximum atomic E-state index is 12.6. The molecular formula is C25H26N2O4. The Morgan fingerprint density at radius 3 is 2.23 bits per heavy atom. The van der Waals surface area contributed by atoms with Crippen LogP contribution in [0.2, 0.25) is 0 Å². The van der Waals surface area contributed by atoms with E-state index in [1.165, 1.54) is 6.07 Å². The normalized spacial score (nSPS) is 11.0. The molecule has 160 valence electrons. The lowest BCUT2D eigenvalue weighted by Gasteiger charge is -2.26. The van der Waals surface area contributed by atoms with Gasteiger partial charge in [0.25, 0.3) is 0 Å². The molecule has 0 spiro atoms. The molecule has 0 fully saturated rings. The number of nitro groups is 1. The van der Waals surface area contributed by atoms with Crippen LogP contribution in [0.5, 0.6) is 5.75 Å². The lowest BCUT2D eigenvalue weighted by molar-refractivity contribution is -0.386. The van der Waals surface area contributed by atoms with Crippen LogP contribution in [0.25, 0.3) is 0 Å². The van der Waals surface area contributed by atoms with Gasteiger partial charge in [0.15, 0.2) is 11.5 Å². The molecule has 3 rings (SSSR count). The van der Waals surface area contributed by atoms with E-state index < -0.39 is 4.92 Å². The number of nitro benzene ring substituents is 1. The highest BCUT2D eigenvalue weighted by atomic mass is 16.6. The van der Waals surface area contributed by atoms with Crippen molar-refractivity contribution in [3.8, 4) is 5.75 Å². The predicted molar refractivity (Wildman–Crippen MR) is 120 cm³/mol. The summed E-state index contributed by atoms with van der Waals surface area (Å²) < 4.78 is 5.70. The van der Waals surface area contributed by atoms with E-state index in [2.05, 4.69) is 0 Å². The SMILES string of the molecule is CC(C)N(CC(=O)c1ccccc1)Cc1ccc(OCc2ccccc2)c([N+](=O)[O-])c1. The monoisotopic (exact) mass is 418 g/mol. The van der Waals surface area contributed by atoms with E-state index in [0.717, 1.165) is 11.1 Å². The molecule has 0 N–H and O–H groups in total. The molecule has 0 heterocycles. The molecule has 0 aromatic heterocycles.